The van der Waals surface area contributed by atoms with Crippen LogP contribution in [0.15, 0.2) is 0 Å². The molecule has 0 N–H and O–H groups in total. The van der Waals surface area contributed by atoms with Crippen molar-refractivity contribution in [1.82, 2.24) is 4.90 Å². The van der Waals surface area contributed by atoms with E-state index < -0.39 is 0 Å². The Morgan fingerprint density at radius 3 is 2.69 bits per heavy atom. The molecule has 2 aliphatic rings. The second-order valence-corrected chi connectivity index (χ2v) is 5.51. The molecule has 0 aromatic carbocycles. The number of likely N-dealkylation sites (tertiary alicyclic amines) is 1. The average molecular weight is 220 g/mol. The van der Waals surface area contributed by atoms with Gasteiger partial charge in [-0.25, -0.2) is 0 Å². The van der Waals surface area contributed by atoms with Crippen LogP contribution in [-0.2, 0) is 0 Å². The van der Waals surface area contributed by atoms with E-state index in [-0.39, 0.29) is 0 Å². The second-order valence-electron chi connectivity index (χ2n) is 5.51. The summed E-state index contributed by atoms with van der Waals surface area (Å²) in [6, 6.07) is 2.23. The first-order chi connectivity index (χ1) is 7.90. The molecule has 0 radical (unpaired) electrons. The fraction of sp³-hybridized carbons (Fsp3) is 0.929. The van der Waals surface area contributed by atoms with E-state index in [1.54, 1.807) is 0 Å². The smallest absolute Gasteiger partial charge is 0.0621 e. The van der Waals surface area contributed by atoms with Crippen LogP contribution < -0.4 is 0 Å². The molecular weight excluding hydrogens is 196 g/mol. The van der Waals surface area contributed by atoms with Crippen LogP contribution in [0.5, 0.6) is 0 Å². The van der Waals surface area contributed by atoms with E-state index in [1.807, 2.05) is 0 Å². The SMILES string of the molecule is N#CCCCCN1CCC2CCCCC2C1. The minimum absolute atomic E-state index is 0.736. The molecule has 90 valence electrons. The number of fused-ring (bicyclic) bond motifs is 1. The molecule has 2 rings (SSSR count). The number of rotatable bonds is 4. The van der Waals surface area contributed by atoms with E-state index in [1.165, 1.54) is 58.2 Å². The van der Waals surface area contributed by atoms with Crippen molar-refractivity contribution in [3.05, 3.63) is 0 Å². The lowest BCUT2D eigenvalue weighted by Crippen LogP contribution is -2.42. The maximum atomic E-state index is 8.49. The molecule has 1 saturated heterocycles. The Morgan fingerprint density at radius 2 is 1.88 bits per heavy atom. The van der Waals surface area contributed by atoms with Gasteiger partial charge in [0, 0.05) is 13.0 Å². The van der Waals surface area contributed by atoms with Crippen molar-refractivity contribution in [3.63, 3.8) is 0 Å². The number of unbranched alkanes of at least 4 members (excludes halogenated alkanes) is 2. The molecule has 0 aromatic rings. The summed E-state index contributed by atoms with van der Waals surface area (Å²) >= 11 is 0. The van der Waals surface area contributed by atoms with Crippen LogP contribution in [0.1, 0.15) is 51.4 Å². The van der Waals surface area contributed by atoms with Crippen molar-refractivity contribution in [2.24, 2.45) is 11.8 Å². The van der Waals surface area contributed by atoms with Gasteiger partial charge in [0.05, 0.1) is 6.07 Å². The molecule has 1 aliphatic carbocycles. The van der Waals surface area contributed by atoms with Crippen molar-refractivity contribution >= 4 is 0 Å². The van der Waals surface area contributed by atoms with Gasteiger partial charge in [-0.15, -0.1) is 0 Å². The first-order valence-corrected chi connectivity index (χ1v) is 6.99. The average Bonchev–Trinajstić information content (AvgIpc) is 2.34. The summed E-state index contributed by atoms with van der Waals surface area (Å²) in [5.74, 6) is 2.04. The molecule has 2 unspecified atom stereocenters. The zero-order chi connectivity index (χ0) is 11.2. The summed E-state index contributed by atoms with van der Waals surface area (Å²) in [5, 5.41) is 8.49. The highest BCUT2D eigenvalue weighted by Crippen LogP contribution is 2.35. The van der Waals surface area contributed by atoms with Crippen LogP contribution in [0, 0.1) is 23.2 Å². The molecule has 2 atom stereocenters. The van der Waals surface area contributed by atoms with Crippen LogP contribution in [0.3, 0.4) is 0 Å². The monoisotopic (exact) mass is 220 g/mol. The van der Waals surface area contributed by atoms with Crippen molar-refractivity contribution in [2.75, 3.05) is 19.6 Å². The van der Waals surface area contributed by atoms with Crippen LogP contribution in [0.2, 0.25) is 0 Å². The normalized spacial score (nSPS) is 30.7. The third kappa shape index (κ3) is 3.22. The fourth-order valence-electron chi connectivity index (χ4n) is 3.42. The third-order valence-electron chi connectivity index (χ3n) is 4.39. The van der Waals surface area contributed by atoms with E-state index in [2.05, 4.69) is 11.0 Å². The van der Waals surface area contributed by atoms with Gasteiger partial charge in [0.1, 0.15) is 0 Å². The summed E-state index contributed by atoms with van der Waals surface area (Å²) in [6.45, 7) is 3.88. The molecule has 0 spiro atoms. The molecule has 2 fully saturated rings. The van der Waals surface area contributed by atoms with Crippen molar-refractivity contribution in [2.45, 2.75) is 51.4 Å². The molecule has 1 aliphatic heterocycles. The molecule has 2 nitrogen and oxygen atoms in total. The highest BCUT2D eigenvalue weighted by atomic mass is 15.1. The highest BCUT2D eigenvalue weighted by Gasteiger charge is 2.30. The van der Waals surface area contributed by atoms with E-state index in [0.29, 0.717) is 0 Å². The minimum atomic E-state index is 0.736. The molecular formula is C14H24N2. The van der Waals surface area contributed by atoms with Crippen LogP contribution in [0.4, 0.5) is 0 Å². The molecule has 2 heteroatoms. The Labute approximate surface area is 99.6 Å². The van der Waals surface area contributed by atoms with Crippen molar-refractivity contribution in [1.29, 1.82) is 5.26 Å². The molecule has 1 saturated carbocycles. The molecule has 0 aromatic heterocycles. The fourth-order valence-corrected chi connectivity index (χ4v) is 3.42. The third-order valence-corrected chi connectivity index (χ3v) is 4.39. The van der Waals surface area contributed by atoms with E-state index in [0.717, 1.165) is 24.7 Å². The lowest BCUT2D eigenvalue weighted by Gasteiger charge is -2.41. The molecule has 0 bridgehead atoms. The maximum absolute atomic E-state index is 8.49. The van der Waals surface area contributed by atoms with Gasteiger partial charge >= 0.3 is 0 Å². The summed E-state index contributed by atoms with van der Waals surface area (Å²) in [5.41, 5.74) is 0. The van der Waals surface area contributed by atoms with Crippen LogP contribution >= 0.6 is 0 Å². The molecule has 0 amide bonds. The Bertz CT molecular complexity index is 244. The van der Waals surface area contributed by atoms with Gasteiger partial charge in [0.2, 0.25) is 0 Å². The lowest BCUT2D eigenvalue weighted by molar-refractivity contribution is 0.0858. The summed E-state index contributed by atoms with van der Waals surface area (Å²) in [6.07, 6.45) is 10.4. The molecule has 16 heavy (non-hydrogen) atoms. The lowest BCUT2D eigenvalue weighted by atomic mass is 9.75. The Morgan fingerprint density at radius 1 is 1.06 bits per heavy atom. The predicted octanol–water partition coefficient (Wildman–Crippen LogP) is 3.19. The number of nitriles is 1. The minimum Gasteiger partial charge on any atom is -0.303 e. The standard InChI is InChI=1S/C14H24N2/c15-9-4-1-5-10-16-11-8-13-6-2-3-7-14(13)12-16/h13-14H,1-8,10-12H2. The quantitative estimate of drug-likeness (QED) is 0.680. The zero-order valence-corrected chi connectivity index (χ0v) is 10.3. The van der Waals surface area contributed by atoms with Gasteiger partial charge in [-0.1, -0.05) is 19.3 Å². The summed E-state index contributed by atoms with van der Waals surface area (Å²) in [7, 11) is 0. The van der Waals surface area contributed by atoms with Crippen LogP contribution in [0.25, 0.3) is 0 Å². The summed E-state index contributed by atoms with van der Waals surface area (Å²) in [4.78, 5) is 2.64. The van der Waals surface area contributed by atoms with E-state index >= 15 is 0 Å². The Kier molecular flexibility index (Phi) is 4.66. The van der Waals surface area contributed by atoms with Gasteiger partial charge in [-0.3, -0.25) is 0 Å². The Hall–Kier alpha value is -0.550. The predicted molar refractivity (Wildman–Crippen MR) is 66.0 cm³/mol. The van der Waals surface area contributed by atoms with E-state index in [9.17, 15) is 0 Å². The van der Waals surface area contributed by atoms with Crippen molar-refractivity contribution < 1.29 is 0 Å². The second kappa shape index (κ2) is 6.25. The summed E-state index contributed by atoms with van der Waals surface area (Å²) < 4.78 is 0. The number of nitrogens with zero attached hydrogens (tertiary/aromatic N) is 2. The maximum Gasteiger partial charge on any atom is 0.0621 e. The number of hydrogen-bond acceptors (Lipinski definition) is 2. The number of hydrogen-bond donors (Lipinski definition) is 0. The van der Waals surface area contributed by atoms with Gasteiger partial charge in [0.25, 0.3) is 0 Å². The van der Waals surface area contributed by atoms with Gasteiger partial charge in [-0.05, 0) is 50.6 Å². The topological polar surface area (TPSA) is 27.0 Å². The number of piperidine rings is 1. The highest BCUT2D eigenvalue weighted by molar-refractivity contribution is 4.83. The van der Waals surface area contributed by atoms with Gasteiger partial charge in [0.15, 0.2) is 0 Å². The van der Waals surface area contributed by atoms with Gasteiger partial charge < -0.3 is 4.90 Å². The van der Waals surface area contributed by atoms with E-state index in [4.69, 9.17) is 5.26 Å². The zero-order valence-electron chi connectivity index (χ0n) is 10.3. The first-order valence-electron chi connectivity index (χ1n) is 6.99. The van der Waals surface area contributed by atoms with Crippen LogP contribution in [-0.4, -0.2) is 24.5 Å². The van der Waals surface area contributed by atoms with Crippen molar-refractivity contribution in [3.8, 4) is 6.07 Å². The molecule has 1 heterocycles. The van der Waals surface area contributed by atoms with Gasteiger partial charge in [-0.2, -0.15) is 5.26 Å². The Balaban J connectivity index is 1.67. The first kappa shape index (κ1) is 11.9. The largest absolute Gasteiger partial charge is 0.303 e.